The summed E-state index contributed by atoms with van der Waals surface area (Å²) in [5, 5.41) is 6.71. The van der Waals surface area contributed by atoms with Crippen LogP contribution in [0.2, 0.25) is 0 Å². The molecule has 0 spiro atoms. The molecule has 4 heteroatoms. The quantitative estimate of drug-likeness (QED) is 0.783. The lowest BCUT2D eigenvalue weighted by atomic mass is 10.0. The molecule has 0 aliphatic rings. The molecule has 2 aromatic carbocycles. The summed E-state index contributed by atoms with van der Waals surface area (Å²) in [4.78, 5) is 12.1. The van der Waals surface area contributed by atoms with E-state index in [-0.39, 0.29) is 5.91 Å². The van der Waals surface area contributed by atoms with Gasteiger partial charge in [0.05, 0.1) is 5.69 Å². The van der Waals surface area contributed by atoms with Crippen LogP contribution in [0, 0.1) is 6.92 Å². The van der Waals surface area contributed by atoms with E-state index < -0.39 is 0 Å². The van der Waals surface area contributed by atoms with Crippen molar-refractivity contribution in [1.82, 2.24) is 10.5 Å². The molecule has 23 heavy (non-hydrogen) atoms. The van der Waals surface area contributed by atoms with Crippen molar-refractivity contribution in [2.45, 2.75) is 13.3 Å². The number of hydrogen-bond donors (Lipinski definition) is 1. The molecule has 0 bridgehead atoms. The van der Waals surface area contributed by atoms with Gasteiger partial charge in [0.1, 0.15) is 5.76 Å². The molecule has 3 rings (SSSR count). The Morgan fingerprint density at radius 2 is 1.74 bits per heavy atom. The molecule has 1 aromatic heterocycles. The Balaban J connectivity index is 1.57. The van der Waals surface area contributed by atoms with Crippen LogP contribution in [0.15, 0.2) is 65.2 Å². The Bertz CT molecular complexity index is 777. The number of nitrogens with zero attached hydrogens (tertiary/aromatic N) is 1. The standard InChI is InChI=1S/C19H18N2O2/c1-14-13-18(23-21-14)11-12-20-19(22)17-9-7-16(8-10-17)15-5-3-2-4-6-15/h2-10,13H,11-12H2,1H3,(H,20,22). The number of hydrogen-bond acceptors (Lipinski definition) is 3. The Kier molecular flexibility index (Phi) is 4.52. The van der Waals surface area contributed by atoms with Crippen LogP contribution >= 0.6 is 0 Å². The van der Waals surface area contributed by atoms with Crippen LogP contribution in [-0.4, -0.2) is 17.6 Å². The lowest BCUT2D eigenvalue weighted by molar-refractivity contribution is 0.0953. The SMILES string of the molecule is Cc1cc(CCNC(=O)c2ccc(-c3ccccc3)cc2)on1. The van der Waals surface area contributed by atoms with Crippen molar-refractivity contribution < 1.29 is 9.32 Å². The van der Waals surface area contributed by atoms with E-state index in [2.05, 4.69) is 22.6 Å². The zero-order valence-corrected chi connectivity index (χ0v) is 13.0. The first-order chi connectivity index (χ1) is 11.2. The summed E-state index contributed by atoms with van der Waals surface area (Å²) < 4.78 is 5.12. The van der Waals surface area contributed by atoms with Crippen LogP contribution in [0.4, 0.5) is 0 Å². The minimum atomic E-state index is -0.0825. The topological polar surface area (TPSA) is 55.1 Å². The number of benzene rings is 2. The van der Waals surface area contributed by atoms with Gasteiger partial charge in [-0.05, 0) is 30.2 Å². The molecule has 0 aliphatic heterocycles. The maximum Gasteiger partial charge on any atom is 0.251 e. The number of carbonyl (C=O) groups excluding carboxylic acids is 1. The number of nitrogens with one attached hydrogen (secondary N) is 1. The van der Waals surface area contributed by atoms with Gasteiger partial charge in [-0.3, -0.25) is 4.79 Å². The van der Waals surface area contributed by atoms with Gasteiger partial charge in [-0.1, -0.05) is 47.6 Å². The molecule has 0 saturated carbocycles. The summed E-state index contributed by atoms with van der Waals surface area (Å²) in [6, 6.07) is 19.6. The zero-order valence-electron chi connectivity index (χ0n) is 13.0. The second-order valence-corrected chi connectivity index (χ2v) is 5.38. The van der Waals surface area contributed by atoms with Crippen LogP contribution in [-0.2, 0) is 6.42 Å². The van der Waals surface area contributed by atoms with Crippen molar-refractivity contribution in [2.24, 2.45) is 0 Å². The van der Waals surface area contributed by atoms with Crippen molar-refractivity contribution in [1.29, 1.82) is 0 Å². The minimum Gasteiger partial charge on any atom is -0.361 e. The number of amides is 1. The lowest BCUT2D eigenvalue weighted by Gasteiger charge is -2.06. The van der Waals surface area contributed by atoms with Gasteiger partial charge in [-0.15, -0.1) is 0 Å². The van der Waals surface area contributed by atoms with Crippen LogP contribution in [0.5, 0.6) is 0 Å². The summed E-state index contributed by atoms with van der Waals surface area (Å²) in [6.07, 6.45) is 0.634. The van der Waals surface area contributed by atoms with Crippen LogP contribution in [0.25, 0.3) is 11.1 Å². The highest BCUT2D eigenvalue weighted by Crippen LogP contribution is 2.19. The average Bonchev–Trinajstić information content (AvgIpc) is 3.01. The summed E-state index contributed by atoms with van der Waals surface area (Å²) >= 11 is 0. The van der Waals surface area contributed by atoms with Gasteiger partial charge >= 0.3 is 0 Å². The molecule has 0 atom stereocenters. The Morgan fingerprint density at radius 3 is 2.39 bits per heavy atom. The predicted octanol–water partition coefficient (Wildman–Crippen LogP) is 3.62. The molecule has 3 aromatic rings. The molecule has 0 aliphatic carbocycles. The summed E-state index contributed by atoms with van der Waals surface area (Å²) in [7, 11) is 0. The normalized spacial score (nSPS) is 10.5. The first kappa shape index (κ1) is 15.0. The average molecular weight is 306 g/mol. The van der Waals surface area contributed by atoms with E-state index >= 15 is 0 Å². The Hall–Kier alpha value is -2.88. The van der Waals surface area contributed by atoms with E-state index in [4.69, 9.17) is 4.52 Å². The third kappa shape index (κ3) is 3.86. The summed E-state index contributed by atoms with van der Waals surface area (Å²) in [6.45, 7) is 2.40. The van der Waals surface area contributed by atoms with Crippen molar-refractivity contribution >= 4 is 5.91 Å². The highest BCUT2D eigenvalue weighted by molar-refractivity contribution is 5.94. The molecule has 0 fully saturated rings. The maximum atomic E-state index is 12.1. The molecule has 1 N–H and O–H groups in total. The smallest absolute Gasteiger partial charge is 0.251 e. The van der Waals surface area contributed by atoms with Crippen LogP contribution < -0.4 is 5.32 Å². The molecular formula is C19H18N2O2. The van der Waals surface area contributed by atoms with E-state index in [9.17, 15) is 4.79 Å². The third-order valence-corrected chi connectivity index (χ3v) is 3.59. The first-order valence-corrected chi connectivity index (χ1v) is 7.58. The summed E-state index contributed by atoms with van der Waals surface area (Å²) in [5.41, 5.74) is 3.74. The molecule has 1 heterocycles. The van der Waals surface area contributed by atoms with E-state index in [1.165, 1.54) is 0 Å². The number of aryl methyl sites for hydroxylation is 1. The maximum absolute atomic E-state index is 12.1. The number of rotatable bonds is 5. The molecule has 1 amide bonds. The first-order valence-electron chi connectivity index (χ1n) is 7.58. The van der Waals surface area contributed by atoms with E-state index in [1.807, 2.05) is 55.5 Å². The Morgan fingerprint density at radius 1 is 1.04 bits per heavy atom. The lowest BCUT2D eigenvalue weighted by Crippen LogP contribution is -2.25. The fourth-order valence-corrected chi connectivity index (χ4v) is 2.38. The second kappa shape index (κ2) is 6.92. The van der Waals surface area contributed by atoms with Gasteiger partial charge < -0.3 is 9.84 Å². The molecule has 116 valence electrons. The predicted molar refractivity (Wildman–Crippen MR) is 89.2 cm³/mol. The van der Waals surface area contributed by atoms with E-state index in [0.717, 1.165) is 22.6 Å². The minimum absolute atomic E-state index is 0.0825. The molecule has 0 saturated heterocycles. The van der Waals surface area contributed by atoms with Crippen LogP contribution in [0.1, 0.15) is 21.8 Å². The monoisotopic (exact) mass is 306 g/mol. The van der Waals surface area contributed by atoms with Crippen LogP contribution in [0.3, 0.4) is 0 Å². The van der Waals surface area contributed by atoms with E-state index in [0.29, 0.717) is 18.5 Å². The summed E-state index contributed by atoms with van der Waals surface area (Å²) in [5.74, 6) is 0.697. The third-order valence-electron chi connectivity index (χ3n) is 3.59. The van der Waals surface area contributed by atoms with Gasteiger partial charge in [0.15, 0.2) is 0 Å². The molecule has 4 nitrogen and oxygen atoms in total. The fraction of sp³-hybridized carbons (Fsp3) is 0.158. The van der Waals surface area contributed by atoms with Gasteiger partial charge in [-0.2, -0.15) is 0 Å². The Labute approximate surface area is 135 Å². The van der Waals surface area contributed by atoms with Gasteiger partial charge in [-0.25, -0.2) is 0 Å². The molecule has 0 unspecified atom stereocenters. The largest absolute Gasteiger partial charge is 0.361 e. The fourth-order valence-electron chi connectivity index (χ4n) is 2.38. The zero-order chi connectivity index (χ0) is 16.1. The highest BCUT2D eigenvalue weighted by atomic mass is 16.5. The van der Waals surface area contributed by atoms with E-state index in [1.54, 1.807) is 0 Å². The van der Waals surface area contributed by atoms with Gasteiger partial charge in [0.2, 0.25) is 0 Å². The molecule has 0 radical (unpaired) electrons. The van der Waals surface area contributed by atoms with Gasteiger partial charge in [0, 0.05) is 24.6 Å². The number of aromatic nitrogens is 1. The highest BCUT2D eigenvalue weighted by Gasteiger charge is 2.07. The second-order valence-electron chi connectivity index (χ2n) is 5.38. The van der Waals surface area contributed by atoms with Crippen molar-refractivity contribution in [2.75, 3.05) is 6.54 Å². The van der Waals surface area contributed by atoms with Crippen molar-refractivity contribution in [3.05, 3.63) is 77.7 Å². The number of carbonyl (C=O) groups is 1. The molecular weight excluding hydrogens is 288 g/mol. The van der Waals surface area contributed by atoms with Crippen molar-refractivity contribution in [3.63, 3.8) is 0 Å². The van der Waals surface area contributed by atoms with Gasteiger partial charge in [0.25, 0.3) is 5.91 Å². The van der Waals surface area contributed by atoms with Crippen molar-refractivity contribution in [3.8, 4) is 11.1 Å².